The molecule has 4 nitrogen and oxygen atoms in total. The molecule has 0 saturated heterocycles. The number of hydrogen-bond acceptors (Lipinski definition) is 4. The van der Waals surface area contributed by atoms with Crippen LogP contribution < -0.4 is 4.90 Å². The van der Waals surface area contributed by atoms with Crippen LogP contribution in [0.1, 0.15) is 0 Å². The second kappa shape index (κ2) is 12.6. The largest absolute Gasteiger partial charge is 0.456 e. The van der Waals surface area contributed by atoms with Gasteiger partial charge in [-0.1, -0.05) is 121 Å². The molecule has 0 aliphatic heterocycles. The summed E-state index contributed by atoms with van der Waals surface area (Å²) in [7, 11) is 0. The minimum atomic E-state index is 0.623. The van der Waals surface area contributed by atoms with Crippen molar-refractivity contribution >= 4 is 71.6 Å². The van der Waals surface area contributed by atoms with E-state index in [4.69, 9.17) is 13.8 Å². The van der Waals surface area contributed by atoms with Gasteiger partial charge in [0, 0.05) is 38.8 Å². The van der Waals surface area contributed by atoms with E-state index < -0.39 is 0 Å². The highest BCUT2D eigenvalue weighted by Gasteiger charge is 2.19. The molecule has 0 aliphatic carbocycles. The van der Waals surface area contributed by atoms with Crippen molar-refractivity contribution in [1.29, 1.82) is 0 Å². The minimum absolute atomic E-state index is 0.623. The highest BCUT2D eigenvalue weighted by Crippen LogP contribution is 2.43. The van der Waals surface area contributed by atoms with Crippen LogP contribution in [0.2, 0.25) is 0 Å². The van der Waals surface area contributed by atoms with Crippen LogP contribution in [-0.4, -0.2) is 4.98 Å². The van der Waals surface area contributed by atoms with Gasteiger partial charge in [-0.15, -0.1) is 0 Å². The Kier molecular flexibility index (Phi) is 7.14. The number of benzene rings is 9. The van der Waals surface area contributed by atoms with Crippen molar-refractivity contribution in [2.45, 2.75) is 0 Å². The summed E-state index contributed by atoms with van der Waals surface area (Å²) in [5, 5.41) is 6.69. The molecule has 0 amide bonds. The number of nitrogens with zero attached hydrogens (tertiary/aromatic N) is 2. The van der Waals surface area contributed by atoms with Crippen molar-refractivity contribution in [2.75, 3.05) is 4.90 Å². The maximum atomic E-state index is 6.55. The van der Waals surface area contributed by atoms with E-state index in [0.29, 0.717) is 5.89 Å². The van der Waals surface area contributed by atoms with Crippen molar-refractivity contribution in [3.05, 3.63) is 194 Å². The lowest BCUT2D eigenvalue weighted by Gasteiger charge is -2.26. The van der Waals surface area contributed by atoms with Gasteiger partial charge in [0.25, 0.3) is 0 Å². The van der Waals surface area contributed by atoms with Crippen molar-refractivity contribution in [3.8, 4) is 33.7 Å². The van der Waals surface area contributed by atoms with E-state index in [-0.39, 0.29) is 0 Å². The number of furan rings is 1. The van der Waals surface area contributed by atoms with E-state index in [9.17, 15) is 0 Å². The second-order valence-electron chi connectivity index (χ2n) is 13.9. The zero-order chi connectivity index (χ0) is 36.3. The molecular formula is C51H32N2O2. The summed E-state index contributed by atoms with van der Waals surface area (Å²) in [6.45, 7) is 0. The number of oxazole rings is 1. The fourth-order valence-electron chi connectivity index (χ4n) is 8.05. The van der Waals surface area contributed by atoms with Crippen molar-refractivity contribution in [1.82, 2.24) is 4.98 Å². The molecular weight excluding hydrogens is 673 g/mol. The van der Waals surface area contributed by atoms with Gasteiger partial charge < -0.3 is 13.7 Å². The fraction of sp³-hybridized carbons (Fsp3) is 0. The number of fused-ring (bicyclic) bond motifs is 8. The Hall–Kier alpha value is -7.43. The van der Waals surface area contributed by atoms with Gasteiger partial charge in [-0.05, 0) is 111 Å². The summed E-state index contributed by atoms with van der Waals surface area (Å²) in [5.41, 5.74) is 12.1. The lowest BCUT2D eigenvalue weighted by atomic mass is 9.94. The predicted octanol–water partition coefficient (Wildman–Crippen LogP) is 14.5. The van der Waals surface area contributed by atoms with Crippen LogP contribution >= 0.6 is 0 Å². The number of aromatic nitrogens is 1. The molecule has 258 valence electrons. The highest BCUT2D eigenvalue weighted by atomic mass is 16.3. The van der Waals surface area contributed by atoms with Crippen LogP contribution in [0.15, 0.2) is 203 Å². The molecule has 2 heterocycles. The van der Waals surface area contributed by atoms with Crippen LogP contribution in [0, 0.1) is 0 Å². The lowest BCUT2D eigenvalue weighted by molar-refractivity contribution is 0.623. The first-order valence-corrected chi connectivity index (χ1v) is 18.5. The Bertz CT molecular complexity index is 3180. The normalized spacial score (nSPS) is 11.6. The quantitative estimate of drug-likeness (QED) is 0.162. The molecule has 4 heteroatoms. The fourth-order valence-corrected chi connectivity index (χ4v) is 8.05. The molecule has 55 heavy (non-hydrogen) atoms. The van der Waals surface area contributed by atoms with E-state index in [2.05, 4.69) is 157 Å². The van der Waals surface area contributed by atoms with Crippen LogP contribution in [0.25, 0.3) is 88.3 Å². The molecule has 11 aromatic rings. The van der Waals surface area contributed by atoms with Gasteiger partial charge >= 0.3 is 0 Å². The van der Waals surface area contributed by atoms with E-state index >= 15 is 0 Å². The van der Waals surface area contributed by atoms with Crippen molar-refractivity contribution < 1.29 is 8.83 Å². The maximum absolute atomic E-state index is 6.55. The first-order chi connectivity index (χ1) is 27.2. The van der Waals surface area contributed by atoms with Gasteiger partial charge in [0.1, 0.15) is 16.7 Å². The molecule has 11 rings (SSSR count). The number of rotatable bonds is 6. The monoisotopic (exact) mass is 704 g/mol. The molecule has 0 fully saturated rings. The van der Waals surface area contributed by atoms with Crippen molar-refractivity contribution in [3.63, 3.8) is 0 Å². The van der Waals surface area contributed by atoms with Crippen LogP contribution in [0.3, 0.4) is 0 Å². The van der Waals surface area contributed by atoms with Gasteiger partial charge in [0.2, 0.25) is 5.89 Å². The zero-order valence-electron chi connectivity index (χ0n) is 29.7. The molecule has 9 aromatic carbocycles. The third-order valence-corrected chi connectivity index (χ3v) is 10.7. The average molecular weight is 705 g/mol. The Morgan fingerprint density at radius 3 is 1.82 bits per heavy atom. The Morgan fingerprint density at radius 1 is 0.382 bits per heavy atom. The zero-order valence-corrected chi connectivity index (χ0v) is 29.7. The maximum Gasteiger partial charge on any atom is 0.227 e. The van der Waals surface area contributed by atoms with Gasteiger partial charge in [-0.2, -0.15) is 0 Å². The summed E-state index contributed by atoms with van der Waals surface area (Å²) in [6.07, 6.45) is 0. The number of para-hydroxylation sites is 2. The molecule has 0 N–H and O–H groups in total. The SMILES string of the molecule is c1ccc(-c2nc3ccc4ccc5ccc(N(c6ccccc6)c6ccc(-c7cc(-c8ccccc8)c8c(c7)oc7ccccc78)cc6)cc5c4c3o2)cc1. The van der Waals surface area contributed by atoms with Crippen LogP contribution in [0.5, 0.6) is 0 Å². The van der Waals surface area contributed by atoms with Crippen LogP contribution in [0.4, 0.5) is 17.1 Å². The first kappa shape index (κ1) is 31.1. The second-order valence-corrected chi connectivity index (χ2v) is 13.9. The molecule has 0 spiro atoms. The van der Waals surface area contributed by atoms with Crippen molar-refractivity contribution in [2.24, 2.45) is 0 Å². The van der Waals surface area contributed by atoms with Gasteiger partial charge in [-0.3, -0.25) is 0 Å². The summed E-state index contributed by atoms with van der Waals surface area (Å²) < 4.78 is 13.0. The van der Waals surface area contributed by atoms with E-state index in [1.807, 2.05) is 42.5 Å². The topological polar surface area (TPSA) is 42.4 Å². The molecule has 0 unspecified atom stereocenters. The number of hydrogen-bond donors (Lipinski definition) is 0. The summed E-state index contributed by atoms with van der Waals surface area (Å²) >= 11 is 0. The number of anilines is 3. The standard InChI is InChI=1S/C51H32N2O2/c1-4-12-34(13-5-1)43-30-38(31-47-49(43)42-18-10-11-19-46(42)54-47)33-22-26-40(27-23-33)53(39-16-8-3-9-17-39)41-28-24-35-20-21-36-25-29-45-50(48(36)44(35)32-41)55-51(52-45)37-14-6-2-7-15-37/h1-32H. The van der Waals surface area contributed by atoms with Gasteiger partial charge in [-0.25, -0.2) is 4.98 Å². The van der Waals surface area contributed by atoms with Crippen LogP contribution in [-0.2, 0) is 0 Å². The molecule has 0 aliphatic rings. The van der Waals surface area contributed by atoms with E-state index in [1.165, 1.54) is 0 Å². The first-order valence-electron chi connectivity index (χ1n) is 18.5. The molecule has 0 radical (unpaired) electrons. The minimum Gasteiger partial charge on any atom is -0.456 e. The summed E-state index contributed by atoms with van der Waals surface area (Å²) in [6, 6.07) is 68.1. The molecule has 0 bridgehead atoms. The average Bonchev–Trinajstić information content (AvgIpc) is 3.87. The summed E-state index contributed by atoms with van der Waals surface area (Å²) in [4.78, 5) is 7.21. The lowest BCUT2D eigenvalue weighted by Crippen LogP contribution is -2.09. The Labute approximate surface area is 317 Å². The van der Waals surface area contributed by atoms with Gasteiger partial charge in [0.15, 0.2) is 5.58 Å². The Balaban J connectivity index is 1.05. The third-order valence-electron chi connectivity index (χ3n) is 10.7. The third kappa shape index (κ3) is 5.26. The molecule has 0 saturated carbocycles. The summed E-state index contributed by atoms with van der Waals surface area (Å²) in [5.74, 6) is 0.623. The smallest absolute Gasteiger partial charge is 0.227 e. The Morgan fingerprint density at radius 2 is 1.02 bits per heavy atom. The highest BCUT2D eigenvalue weighted by molar-refractivity contribution is 6.19. The van der Waals surface area contributed by atoms with E-state index in [0.717, 1.165) is 99.5 Å². The predicted molar refractivity (Wildman–Crippen MR) is 227 cm³/mol. The molecule has 2 aromatic heterocycles. The molecule has 0 atom stereocenters. The van der Waals surface area contributed by atoms with Gasteiger partial charge in [0.05, 0.1) is 0 Å². The van der Waals surface area contributed by atoms with E-state index in [1.54, 1.807) is 0 Å².